The molecule has 0 bridgehead atoms. The van der Waals surface area contributed by atoms with Crippen LogP contribution >= 0.6 is 0 Å². The van der Waals surface area contributed by atoms with Gasteiger partial charge in [0.1, 0.15) is 0 Å². The summed E-state index contributed by atoms with van der Waals surface area (Å²) in [5, 5.41) is 6.90. The largest absolute Gasteiger partial charge is 0.356 e. The molecule has 122 valence electrons. The molecule has 0 aromatic heterocycles. The summed E-state index contributed by atoms with van der Waals surface area (Å²) in [7, 11) is 1.84. The second kappa shape index (κ2) is 9.46. The Labute approximate surface area is 135 Å². The third-order valence-electron chi connectivity index (χ3n) is 4.43. The van der Waals surface area contributed by atoms with Gasteiger partial charge in [-0.2, -0.15) is 0 Å². The summed E-state index contributed by atoms with van der Waals surface area (Å²) in [6.45, 7) is 6.53. The second-order valence-corrected chi connectivity index (χ2v) is 5.89. The molecule has 1 aliphatic rings. The molecule has 4 heteroatoms. The van der Waals surface area contributed by atoms with Gasteiger partial charge in [0.15, 0.2) is 5.96 Å². The van der Waals surface area contributed by atoms with Gasteiger partial charge < -0.3 is 10.6 Å². The third-order valence-corrected chi connectivity index (χ3v) is 4.43. The lowest BCUT2D eigenvalue weighted by Gasteiger charge is -2.35. The maximum absolute atomic E-state index is 4.33. The fourth-order valence-corrected chi connectivity index (χ4v) is 3.11. The highest BCUT2D eigenvalue weighted by atomic mass is 15.2. The Kier molecular flexibility index (Phi) is 7.23. The Morgan fingerprint density at radius 2 is 2.05 bits per heavy atom. The van der Waals surface area contributed by atoms with E-state index in [2.05, 4.69) is 57.8 Å². The fourth-order valence-electron chi connectivity index (χ4n) is 3.11. The minimum Gasteiger partial charge on any atom is -0.356 e. The molecule has 1 fully saturated rings. The number of nitrogens with one attached hydrogen (secondary N) is 2. The molecule has 1 aromatic carbocycles. The molecule has 1 atom stereocenters. The van der Waals surface area contributed by atoms with Crippen molar-refractivity contribution in [1.82, 2.24) is 15.5 Å². The van der Waals surface area contributed by atoms with Crippen LogP contribution in [0.5, 0.6) is 0 Å². The van der Waals surface area contributed by atoms with E-state index in [0.29, 0.717) is 6.04 Å². The van der Waals surface area contributed by atoms with Crippen LogP contribution < -0.4 is 10.6 Å². The molecule has 0 spiro atoms. The van der Waals surface area contributed by atoms with E-state index in [-0.39, 0.29) is 0 Å². The van der Waals surface area contributed by atoms with Gasteiger partial charge >= 0.3 is 0 Å². The van der Waals surface area contributed by atoms with E-state index in [0.717, 1.165) is 32.0 Å². The van der Waals surface area contributed by atoms with Gasteiger partial charge in [0.2, 0.25) is 0 Å². The average Bonchev–Trinajstić information content (AvgIpc) is 2.59. The van der Waals surface area contributed by atoms with E-state index in [1.54, 1.807) is 0 Å². The van der Waals surface area contributed by atoms with E-state index >= 15 is 0 Å². The van der Waals surface area contributed by atoms with E-state index in [4.69, 9.17) is 0 Å². The number of likely N-dealkylation sites (N-methyl/N-ethyl adjacent to an activating group) is 1. The third kappa shape index (κ3) is 5.34. The van der Waals surface area contributed by atoms with Crippen LogP contribution in [0.4, 0.5) is 0 Å². The zero-order valence-electron chi connectivity index (χ0n) is 14.0. The summed E-state index contributed by atoms with van der Waals surface area (Å²) >= 11 is 0. The monoisotopic (exact) mass is 302 g/mol. The predicted molar refractivity (Wildman–Crippen MR) is 94.4 cm³/mol. The van der Waals surface area contributed by atoms with Crippen molar-refractivity contribution in [2.45, 2.75) is 38.6 Å². The van der Waals surface area contributed by atoms with Crippen molar-refractivity contribution in [3.05, 3.63) is 35.9 Å². The molecular weight excluding hydrogens is 272 g/mol. The maximum atomic E-state index is 4.33. The molecule has 2 rings (SSSR count). The number of benzene rings is 1. The highest BCUT2D eigenvalue weighted by Crippen LogP contribution is 2.15. The molecule has 0 saturated carbocycles. The van der Waals surface area contributed by atoms with Crippen molar-refractivity contribution in [3.63, 3.8) is 0 Å². The lowest BCUT2D eigenvalue weighted by molar-refractivity contribution is 0.157. The van der Waals surface area contributed by atoms with Crippen molar-refractivity contribution in [3.8, 4) is 0 Å². The van der Waals surface area contributed by atoms with Gasteiger partial charge in [-0.15, -0.1) is 0 Å². The van der Waals surface area contributed by atoms with Crippen molar-refractivity contribution in [1.29, 1.82) is 0 Å². The standard InChI is InChI=1S/C18H30N4/c1-3-22-14-8-7-11-17(22)15-21-18(19-2)20-13-12-16-9-5-4-6-10-16/h4-6,9-10,17H,3,7-8,11-15H2,1-2H3,(H2,19,20,21). The van der Waals surface area contributed by atoms with Gasteiger partial charge in [-0.05, 0) is 37.9 Å². The number of hydrogen-bond donors (Lipinski definition) is 2. The van der Waals surface area contributed by atoms with E-state index < -0.39 is 0 Å². The first-order chi connectivity index (χ1) is 10.8. The molecule has 1 aliphatic heterocycles. The number of aliphatic imine (C=N–C) groups is 1. The zero-order chi connectivity index (χ0) is 15.6. The van der Waals surface area contributed by atoms with Crippen LogP contribution in [0.2, 0.25) is 0 Å². The molecule has 2 N–H and O–H groups in total. The molecule has 1 heterocycles. The van der Waals surface area contributed by atoms with Crippen molar-refractivity contribution in [2.24, 2.45) is 4.99 Å². The van der Waals surface area contributed by atoms with Gasteiger partial charge in [-0.3, -0.25) is 9.89 Å². The van der Waals surface area contributed by atoms with Crippen LogP contribution in [0, 0.1) is 0 Å². The second-order valence-electron chi connectivity index (χ2n) is 5.89. The number of rotatable bonds is 6. The summed E-state index contributed by atoms with van der Waals surface area (Å²) < 4.78 is 0. The summed E-state index contributed by atoms with van der Waals surface area (Å²) in [6, 6.07) is 11.2. The smallest absolute Gasteiger partial charge is 0.191 e. The molecule has 0 amide bonds. The van der Waals surface area contributed by atoms with Gasteiger partial charge in [0.05, 0.1) is 0 Å². The lowest BCUT2D eigenvalue weighted by Crippen LogP contribution is -2.49. The number of hydrogen-bond acceptors (Lipinski definition) is 2. The van der Waals surface area contributed by atoms with Crippen LogP contribution in [0.25, 0.3) is 0 Å². The Morgan fingerprint density at radius 3 is 2.77 bits per heavy atom. The minimum absolute atomic E-state index is 0.645. The first kappa shape index (κ1) is 16.8. The van der Waals surface area contributed by atoms with Crippen LogP contribution in [0.1, 0.15) is 31.7 Å². The molecule has 4 nitrogen and oxygen atoms in total. The summed E-state index contributed by atoms with van der Waals surface area (Å²) in [5.74, 6) is 0.914. The highest BCUT2D eigenvalue weighted by Gasteiger charge is 2.20. The number of nitrogens with zero attached hydrogens (tertiary/aromatic N) is 2. The number of piperidine rings is 1. The molecule has 0 aliphatic carbocycles. The SMILES string of the molecule is CCN1CCCCC1CNC(=NC)NCCc1ccccc1. The lowest BCUT2D eigenvalue weighted by atomic mass is 10.0. The first-order valence-electron chi connectivity index (χ1n) is 8.56. The number of guanidine groups is 1. The van der Waals surface area contributed by atoms with Crippen LogP contribution in [-0.4, -0.2) is 50.1 Å². The van der Waals surface area contributed by atoms with Crippen LogP contribution in [0.3, 0.4) is 0 Å². The quantitative estimate of drug-likeness (QED) is 0.625. The molecular formula is C18H30N4. The van der Waals surface area contributed by atoms with Crippen LogP contribution in [0.15, 0.2) is 35.3 Å². The Bertz CT molecular complexity index is 444. The molecule has 1 unspecified atom stereocenters. The zero-order valence-corrected chi connectivity index (χ0v) is 14.0. The molecule has 1 saturated heterocycles. The maximum Gasteiger partial charge on any atom is 0.191 e. The first-order valence-corrected chi connectivity index (χ1v) is 8.56. The molecule has 1 aromatic rings. The van der Waals surface area contributed by atoms with Gasteiger partial charge in [-0.25, -0.2) is 0 Å². The van der Waals surface area contributed by atoms with Crippen LogP contribution in [-0.2, 0) is 6.42 Å². The van der Waals surface area contributed by atoms with Gasteiger partial charge in [0.25, 0.3) is 0 Å². The summed E-state index contributed by atoms with van der Waals surface area (Å²) in [6.07, 6.45) is 5.01. The van der Waals surface area contributed by atoms with E-state index in [1.165, 1.54) is 31.4 Å². The Hall–Kier alpha value is -1.55. The topological polar surface area (TPSA) is 39.7 Å². The fraction of sp³-hybridized carbons (Fsp3) is 0.611. The normalized spacial score (nSPS) is 19.9. The molecule has 22 heavy (non-hydrogen) atoms. The Balaban J connectivity index is 1.70. The minimum atomic E-state index is 0.645. The highest BCUT2D eigenvalue weighted by molar-refractivity contribution is 5.79. The predicted octanol–water partition coefficient (Wildman–Crippen LogP) is 2.27. The Morgan fingerprint density at radius 1 is 1.23 bits per heavy atom. The van der Waals surface area contributed by atoms with E-state index in [9.17, 15) is 0 Å². The van der Waals surface area contributed by atoms with Crippen molar-refractivity contribution in [2.75, 3.05) is 33.2 Å². The van der Waals surface area contributed by atoms with Gasteiger partial charge in [-0.1, -0.05) is 43.7 Å². The number of likely N-dealkylation sites (tertiary alicyclic amines) is 1. The average molecular weight is 302 g/mol. The van der Waals surface area contributed by atoms with Crippen molar-refractivity contribution >= 4 is 5.96 Å². The summed E-state index contributed by atoms with van der Waals surface area (Å²) in [4.78, 5) is 6.91. The van der Waals surface area contributed by atoms with Gasteiger partial charge in [0, 0.05) is 26.2 Å². The summed E-state index contributed by atoms with van der Waals surface area (Å²) in [5.41, 5.74) is 1.36. The molecule has 0 radical (unpaired) electrons. The van der Waals surface area contributed by atoms with Crippen molar-refractivity contribution < 1.29 is 0 Å². The van der Waals surface area contributed by atoms with E-state index in [1.807, 2.05) is 7.05 Å².